The van der Waals surface area contributed by atoms with Crippen LogP contribution in [0.3, 0.4) is 0 Å². The Labute approximate surface area is 138 Å². The van der Waals surface area contributed by atoms with E-state index in [1.165, 1.54) is 25.3 Å². The fraction of sp³-hybridized carbons (Fsp3) is 0.556. The number of rotatable bonds is 11. The Balaban J connectivity index is 2.48. The van der Waals surface area contributed by atoms with Gasteiger partial charge < -0.3 is 15.2 Å². The summed E-state index contributed by atoms with van der Waals surface area (Å²) in [5.41, 5.74) is 0.547. The van der Waals surface area contributed by atoms with Gasteiger partial charge in [-0.2, -0.15) is 0 Å². The Morgan fingerprint density at radius 3 is 2.43 bits per heavy atom. The molecule has 5 heteroatoms. The molecule has 0 aliphatic heterocycles. The maximum absolute atomic E-state index is 11.9. The summed E-state index contributed by atoms with van der Waals surface area (Å²) >= 11 is 0. The topological polar surface area (TPSA) is 75.6 Å². The van der Waals surface area contributed by atoms with Gasteiger partial charge in [-0.05, 0) is 31.5 Å². The second-order valence-corrected chi connectivity index (χ2v) is 5.52. The van der Waals surface area contributed by atoms with Crippen molar-refractivity contribution in [2.75, 3.05) is 11.9 Å². The van der Waals surface area contributed by atoms with Crippen molar-refractivity contribution in [3.8, 4) is 5.75 Å². The molecule has 2 N–H and O–H groups in total. The van der Waals surface area contributed by atoms with E-state index in [4.69, 9.17) is 4.74 Å². The monoisotopic (exact) mass is 321 g/mol. The molecule has 0 saturated carbocycles. The van der Waals surface area contributed by atoms with Crippen LogP contribution in [0.5, 0.6) is 5.75 Å². The fourth-order valence-electron chi connectivity index (χ4n) is 2.35. The van der Waals surface area contributed by atoms with Crippen LogP contribution >= 0.6 is 0 Å². The third-order valence-electron chi connectivity index (χ3n) is 3.55. The SMILES string of the molecule is CCCCCCCCC(=O)Nc1ccc(OCC)c(C(=O)O)c1. The lowest BCUT2D eigenvalue weighted by Crippen LogP contribution is -2.12. The molecule has 5 nitrogen and oxygen atoms in total. The Bertz CT molecular complexity index is 514. The van der Waals surface area contributed by atoms with Gasteiger partial charge in [0.05, 0.1) is 6.61 Å². The molecule has 1 amide bonds. The molecule has 0 radical (unpaired) electrons. The van der Waals surface area contributed by atoms with Crippen molar-refractivity contribution in [1.82, 2.24) is 0 Å². The summed E-state index contributed by atoms with van der Waals surface area (Å²) in [7, 11) is 0. The first kappa shape index (κ1) is 19.0. The highest BCUT2D eigenvalue weighted by atomic mass is 16.5. The summed E-state index contributed by atoms with van der Waals surface area (Å²) < 4.78 is 5.28. The number of carbonyl (C=O) groups is 2. The molecular formula is C18H27NO4. The zero-order chi connectivity index (χ0) is 17.1. The second kappa shape index (κ2) is 10.6. The van der Waals surface area contributed by atoms with Crippen LogP contribution in [0, 0.1) is 0 Å². The zero-order valence-corrected chi connectivity index (χ0v) is 14.1. The van der Waals surface area contributed by atoms with Crippen LogP contribution in [-0.4, -0.2) is 23.6 Å². The first-order chi connectivity index (χ1) is 11.1. The summed E-state index contributed by atoms with van der Waals surface area (Å²) in [6, 6.07) is 4.68. The van der Waals surface area contributed by atoms with E-state index < -0.39 is 5.97 Å². The van der Waals surface area contributed by atoms with Crippen LogP contribution in [0.2, 0.25) is 0 Å². The van der Waals surface area contributed by atoms with Gasteiger partial charge in [-0.1, -0.05) is 39.0 Å². The number of amides is 1. The molecule has 0 aliphatic carbocycles. The molecule has 1 aromatic rings. The normalized spacial score (nSPS) is 10.3. The van der Waals surface area contributed by atoms with E-state index in [2.05, 4.69) is 12.2 Å². The van der Waals surface area contributed by atoms with Crippen LogP contribution in [0.15, 0.2) is 18.2 Å². The number of carboxylic acids is 1. The quantitative estimate of drug-likeness (QED) is 0.589. The maximum Gasteiger partial charge on any atom is 0.339 e. The molecule has 0 heterocycles. The Hall–Kier alpha value is -2.04. The van der Waals surface area contributed by atoms with Gasteiger partial charge in [0.15, 0.2) is 0 Å². The molecule has 0 bridgehead atoms. The number of anilines is 1. The highest BCUT2D eigenvalue weighted by molar-refractivity contribution is 5.95. The number of carboxylic acid groups (broad SMARTS) is 1. The van der Waals surface area contributed by atoms with Crippen molar-refractivity contribution in [2.24, 2.45) is 0 Å². The molecule has 23 heavy (non-hydrogen) atoms. The fourth-order valence-corrected chi connectivity index (χ4v) is 2.35. The number of benzene rings is 1. The highest BCUT2D eigenvalue weighted by Gasteiger charge is 2.13. The summed E-state index contributed by atoms with van der Waals surface area (Å²) in [5.74, 6) is -0.838. The van der Waals surface area contributed by atoms with Crippen molar-refractivity contribution in [1.29, 1.82) is 0 Å². The molecule has 0 fully saturated rings. The predicted octanol–water partition coefficient (Wildman–Crippen LogP) is 4.47. The van der Waals surface area contributed by atoms with Crippen LogP contribution in [0.25, 0.3) is 0 Å². The molecule has 0 atom stereocenters. The molecule has 1 aromatic carbocycles. The van der Waals surface area contributed by atoms with E-state index in [1.54, 1.807) is 19.1 Å². The van der Waals surface area contributed by atoms with E-state index in [9.17, 15) is 14.7 Å². The smallest absolute Gasteiger partial charge is 0.339 e. The van der Waals surface area contributed by atoms with E-state index in [1.807, 2.05) is 0 Å². The molecule has 0 unspecified atom stereocenters. The average Bonchev–Trinajstić information content (AvgIpc) is 2.52. The van der Waals surface area contributed by atoms with Gasteiger partial charge in [0.25, 0.3) is 0 Å². The minimum absolute atomic E-state index is 0.0595. The third kappa shape index (κ3) is 7.17. The number of hydrogen-bond acceptors (Lipinski definition) is 3. The lowest BCUT2D eigenvalue weighted by Gasteiger charge is -2.10. The van der Waals surface area contributed by atoms with Crippen LogP contribution in [0.1, 0.15) is 69.2 Å². The van der Waals surface area contributed by atoms with Crippen LogP contribution in [-0.2, 0) is 4.79 Å². The third-order valence-corrected chi connectivity index (χ3v) is 3.55. The number of hydrogen-bond donors (Lipinski definition) is 2. The summed E-state index contributed by atoms with van der Waals surface area (Å²) in [6.45, 7) is 4.36. The van der Waals surface area contributed by atoms with Gasteiger partial charge in [0.1, 0.15) is 11.3 Å². The van der Waals surface area contributed by atoms with Crippen molar-refractivity contribution < 1.29 is 19.4 Å². The minimum atomic E-state index is -1.07. The number of unbranched alkanes of at least 4 members (excludes halogenated alkanes) is 5. The van der Waals surface area contributed by atoms with E-state index in [-0.39, 0.29) is 11.5 Å². The van der Waals surface area contributed by atoms with Crippen molar-refractivity contribution >= 4 is 17.6 Å². The average molecular weight is 321 g/mol. The number of carbonyl (C=O) groups excluding carboxylic acids is 1. The maximum atomic E-state index is 11.9. The largest absolute Gasteiger partial charge is 0.493 e. The zero-order valence-electron chi connectivity index (χ0n) is 14.1. The minimum Gasteiger partial charge on any atom is -0.493 e. The Morgan fingerprint density at radius 2 is 1.78 bits per heavy atom. The molecule has 128 valence electrons. The molecule has 1 rings (SSSR count). The predicted molar refractivity (Wildman–Crippen MR) is 91.2 cm³/mol. The summed E-state index contributed by atoms with van der Waals surface area (Å²) in [5, 5.41) is 12.0. The van der Waals surface area contributed by atoms with Gasteiger partial charge in [-0.3, -0.25) is 4.79 Å². The van der Waals surface area contributed by atoms with Crippen molar-refractivity contribution in [3.63, 3.8) is 0 Å². The standard InChI is InChI=1S/C18H27NO4/c1-3-5-6-7-8-9-10-17(20)19-14-11-12-16(23-4-2)15(13-14)18(21)22/h11-13H,3-10H2,1-2H3,(H,19,20)(H,21,22). The van der Waals surface area contributed by atoms with Crippen molar-refractivity contribution in [2.45, 2.75) is 58.8 Å². The van der Waals surface area contributed by atoms with Crippen molar-refractivity contribution in [3.05, 3.63) is 23.8 Å². The molecule has 0 aliphatic rings. The van der Waals surface area contributed by atoms with Crippen LogP contribution in [0.4, 0.5) is 5.69 Å². The van der Waals surface area contributed by atoms with Gasteiger partial charge in [0.2, 0.25) is 5.91 Å². The lowest BCUT2D eigenvalue weighted by atomic mass is 10.1. The van der Waals surface area contributed by atoms with E-state index >= 15 is 0 Å². The number of aromatic carboxylic acids is 1. The Morgan fingerprint density at radius 1 is 1.09 bits per heavy atom. The molecular weight excluding hydrogens is 294 g/mol. The lowest BCUT2D eigenvalue weighted by molar-refractivity contribution is -0.116. The first-order valence-electron chi connectivity index (χ1n) is 8.38. The van der Waals surface area contributed by atoms with Crippen LogP contribution < -0.4 is 10.1 Å². The number of ether oxygens (including phenoxy) is 1. The van der Waals surface area contributed by atoms with Gasteiger partial charge in [-0.25, -0.2) is 4.79 Å². The summed E-state index contributed by atoms with van der Waals surface area (Å²) in [4.78, 5) is 23.1. The van der Waals surface area contributed by atoms with E-state index in [0.29, 0.717) is 24.5 Å². The van der Waals surface area contributed by atoms with Gasteiger partial charge >= 0.3 is 5.97 Å². The second-order valence-electron chi connectivity index (χ2n) is 5.52. The molecule has 0 spiro atoms. The number of nitrogens with one attached hydrogen (secondary N) is 1. The molecule has 0 saturated heterocycles. The first-order valence-corrected chi connectivity index (χ1v) is 8.38. The highest BCUT2D eigenvalue weighted by Crippen LogP contribution is 2.23. The van der Waals surface area contributed by atoms with Gasteiger partial charge in [0, 0.05) is 12.1 Å². The molecule has 0 aromatic heterocycles. The Kier molecular flexibility index (Phi) is 8.80. The van der Waals surface area contributed by atoms with E-state index in [0.717, 1.165) is 19.3 Å². The summed E-state index contributed by atoms with van der Waals surface area (Å²) in [6.07, 6.45) is 7.21. The van der Waals surface area contributed by atoms with Gasteiger partial charge in [-0.15, -0.1) is 0 Å².